The summed E-state index contributed by atoms with van der Waals surface area (Å²) in [5, 5.41) is 3.14. The van der Waals surface area contributed by atoms with Gasteiger partial charge in [0.25, 0.3) is 5.91 Å². The van der Waals surface area contributed by atoms with Gasteiger partial charge in [0, 0.05) is 17.5 Å². The lowest BCUT2D eigenvalue weighted by Gasteiger charge is -2.38. The molecule has 1 heterocycles. The van der Waals surface area contributed by atoms with Crippen molar-refractivity contribution in [2.45, 2.75) is 38.8 Å². The lowest BCUT2D eigenvalue weighted by atomic mass is 9.88. The lowest BCUT2D eigenvalue weighted by Crippen LogP contribution is -2.41. The zero-order valence-corrected chi connectivity index (χ0v) is 17.2. The van der Waals surface area contributed by atoms with Crippen molar-refractivity contribution in [3.8, 4) is 23.0 Å². The molecule has 2 aromatic carbocycles. The van der Waals surface area contributed by atoms with Crippen LogP contribution in [-0.2, 0) is 0 Å². The normalized spacial score (nSPS) is 17.1. The minimum atomic E-state index is -0.379. The maximum absolute atomic E-state index is 13.1. The molecular weight excluding hydrogens is 358 g/mol. The summed E-state index contributed by atoms with van der Waals surface area (Å²) >= 11 is 0. The molecule has 1 amide bonds. The van der Waals surface area contributed by atoms with E-state index in [-0.39, 0.29) is 17.6 Å². The molecule has 6 heteroatoms. The Morgan fingerprint density at radius 1 is 1.07 bits per heavy atom. The molecule has 0 unspecified atom stereocenters. The zero-order valence-electron chi connectivity index (χ0n) is 17.2. The number of carbonyl (C=O) groups excluding carboxylic acids is 1. The van der Waals surface area contributed by atoms with Gasteiger partial charge in [-0.3, -0.25) is 4.79 Å². The van der Waals surface area contributed by atoms with E-state index in [2.05, 4.69) is 11.4 Å². The minimum absolute atomic E-state index is 0.162. The van der Waals surface area contributed by atoms with E-state index in [4.69, 9.17) is 18.9 Å². The Morgan fingerprint density at radius 3 is 2.29 bits per heavy atom. The lowest BCUT2D eigenvalue weighted by molar-refractivity contribution is 0.0619. The van der Waals surface area contributed by atoms with Crippen LogP contribution in [0.4, 0.5) is 0 Å². The van der Waals surface area contributed by atoms with Crippen molar-refractivity contribution in [3.05, 3.63) is 47.0 Å². The van der Waals surface area contributed by atoms with Crippen molar-refractivity contribution >= 4 is 5.91 Å². The summed E-state index contributed by atoms with van der Waals surface area (Å²) in [7, 11) is 4.58. The number of hydrogen-bond acceptors (Lipinski definition) is 5. The number of amides is 1. The number of carbonyl (C=O) groups is 1. The third kappa shape index (κ3) is 3.86. The second-order valence-corrected chi connectivity index (χ2v) is 7.55. The van der Waals surface area contributed by atoms with Crippen LogP contribution in [0.15, 0.2) is 30.3 Å². The predicted octanol–water partition coefficient (Wildman–Crippen LogP) is 4.05. The molecule has 0 saturated heterocycles. The van der Waals surface area contributed by atoms with Crippen molar-refractivity contribution in [2.24, 2.45) is 0 Å². The third-order valence-electron chi connectivity index (χ3n) is 4.85. The smallest absolute Gasteiger partial charge is 0.252 e. The Balaban J connectivity index is 1.94. The highest BCUT2D eigenvalue weighted by Gasteiger charge is 2.35. The molecule has 0 radical (unpaired) electrons. The van der Waals surface area contributed by atoms with E-state index in [0.29, 0.717) is 29.2 Å². The van der Waals surface area contributed by atoms with Crippen LogP contribution >= 0.6 is 0 Å². The molecule has 150 valence electrons. The van der Waals surface area contributed by atoms with Gasteiger partial charge in [0.05, 0.1) is 27.4 Å². The average Bonchev–Trinajstić information content (AvgIpc) is 2.66. The molecule has 0 saturated carbocycles. The number of ether oxygens (including phenoxy) is 4. The predicted molar refractivity (Wildman–Crippen MR) is 107 cm³/mol. The summed E-state index contributed by atoms with van der Waals surface area (Å²) in [6, 6.07) is 9.18. The highest BCUT2D eigenvalue weighted by Crippen LogP contribution is 2.41. The molecule has 0 spiro atoms. The third-order valence-corrected chi connectivity index (χ3v) is 4.85. The standard InChI is InChI=1S/C22H27NO5/c1-13-7-8-17-15(9-13)16(12-22(2,3)28-17)23-21(24)14-10-18(25-4)20(27-6)19(11-14)26-5/h7-11,16H,12H2,1-6H3,(H,23,24)/t16-/m1/s1. The van der Waals surface area contributed by atoms with Crippen LogP contribution in [0.1, 0.15) is 47.8 Å². The van der Waals surface area contributed by atoms with Gasteiger partial charge in [-0.15, -0.1) is 0 Å². The first-order chi connectivity index (χ1) is 13.3. The van der Waals surface area contributed by atoms with Gasteiger partial charge in [-0.1, -0.05) is 17.7 Å². The Kier molecular flexibility index (Phi) is 5.40. The Bertz CT molecular complexity index is 865. The first-order valence-corrected chi connectivity index (χ1v) is 9.18. The van der Waals surface area contributed by atoms with Crippen molar-refractivity contribution in [2.75, 3.05) is 21.3 Å². The summed E-state index contributed by atoms with van der Waals surface area (Å²) in [4.78, 5) is 13.1. The number of methoxy groups -OCH3 is 3. The van der Waals surface area contributed by atoms with Crippen LogP contribution < -0.4 is 24.3 Å². The topological polar surface area (TPSA) is 66.0 Å². The number of hydrogen-bond donors (Lipinski definition) is 1. The largest absolute Gasteiger partial charge is 0.493 e. The Labute approximate surface area is 165 Å². The maximum Gasteiger partial charge on any atom is 0.252 e. The van der Waals surface area contributed by atoms with Crippen molar-refractivity contribution in [3.63, 3.8) is 0 Å². The van der Waals surface area contributed by atoms with Gasteiger partial charge in [0.2, 0.25) is 5.75 Å². The molecular formula is C22H27NO5. The van der Waals surface area contributed by atoms with E-state index in [9.17, 15) is 4.79 Å². The van der Waals surface area contributed by atoms with Gasteiger partial charge in [0.15, 0.2) is 11.5 Å². The summed E-state index contributed by atoms with van der Waals surface area (Å²) in [6.45, 7) is 6.07. The molecule has 0 bridgehead atoms. The van der Waals surface area contributed by atoms with E-state index in [0.717, 1.165) is 16.9 Å². The van der Waals surface area contributed by atoms with Crippen LogP contribution in [0.25, 0.3) is 0 Å². The van der Waals surface area contributed by atoms with E-state index < -0.39 is 0 Å². The molecule has 0 fully saturated rings. The molecule has 6 nitrogen and oxygen atoms in total. The number of rotatable bonds is 5. The number of aryl methyl sites for hydroxylation is 1. The van der Waals surface area contributed by atoms with Crippen molar-refractivity contribution < 1.29 is 23.7 Å². The van der Waals surface area contributed by atoms with E-state index >= 15 is 0 Å². The van der Waals surface area contributed by atoms with Gasteiger partial charge in [-0.2, -0.15) is 0 Å². The van der Waals surface area contributed by atoms with Gasteiger partial charge < -0.3 is 24.3 Å². The molecule has 2 aromatic rings. The summed E-state index contributed by atoms with van der Waals surface area (Å²) in [5.41, 5.74) is 2.16. The van der Waals surface area contributed by atoms with Crippen LogP contribution in [0, 0.1) is 6.92 Å². The summed E-state index contributed by atoms with van der Waals surface area (Å²) in [6.07, 6.45) is 0.666. The van der Waals surface area contributed by atoms with Crippen LogP contribution in [0.5, 0.6) is 23.0 Å². The minimum Gasteiger partial charge on any atom is -0.493 e. The SMILES string of the molecule is COc1cc(C(=O)N[C@@H]2CC(C)(C)Oc3ccc(C)cc32)cc(OC)c1OC. The maximum atomic E-state index is 13.1. The van der Waals surface area contributed by atoms with Gasteiger partial charge in [-0.25, -0.2) is 0 Å². The number of benzene rings is 2. The van der Waals surface area contributed by atoms with E-state index in [1.165, 1.54) is 21.3 Å². The van der Waals surface area contributed by atoms with Gasteiger partial charge in [-0.05, 0) is 39.0 Å². The van der Waals surface area contributed by atoms with Crippen LogP contribution in [0.3, 0.4) is 0 Å². The molecule has 1 N–H and O–H groups in total. The van der Waals surface area contributed by atoms with E-state index in [1.54, 1.807) is 12.1 Å². The molecule has 0 aromatic heterocycles. The van der Waals surface area contributed by atoms with E-state index in [1.807, 2.05) is 32.9 Å². The molecule has 28 heavy (non-hydrogen) atoms. The Hall–Kier alpha value is -2.89. The van der Waals surface area contributed by atoms with Crippen molar-refractivity contribution in [1.29, 1.82) is 0 Å². The number of fused-ring (bicyclic) bond motifs is 1. The molecule has 0 aliphatic carbocycles. The average molecular weight is 385 g/mol. The molecule has 1 atom stereocenters. The van der Waals surface area contributed by atoms with Crippen molar-refractivity contribution in [1.82, 2.24) is 5.32 Å². The fourth-order valence-corrected chi connectivity index (χ4v) is 3.56. The quantitative estimate of drug-likeness (QED) is 0.841. The molecule has 1 aliphatic heterocycles. The monoisotopic (exact) mass is 385 g/mol. The second-order valence-electron chi connectivity index (χ2n) is 7.55. The highest BCUT2D eigenvalue weighted by atomic mass is 16.5. The first kappa shape index (κ1) is 19.9. The molecule has 1 aliphatic rings. The second kappa shape index (κ2) is 7.62. The number of nitrogens with one attached hydrogen (secondary N) is 1. The fourth-order valence-electron chi connectivity index (χ4n) is 3.56. The molecule has 3 rings (SSSR count). The fraction of sp³-hybridized carbons (Fsp3) is 0.409. The summed E-state index contributed by atoms with van der Waals surface area (Å²) < 4.78 is 22.1. The Morgan fingerprint density at radius 2 is 1.71 bits per heavy atom. The van der Waals surface area contributed by atoms with Crippen LogP contribution in [-0.4, -0.2) is 32.8 Å². The summed E-state index contributed by atoms with van der Waals surface area (Å²) in [5.74, 6) is 1.92. The van der Waals surface area contributed by atoms with Crippen LogP contribution in [0.2, 0.25) is 0 Å². The zero-order chi connectivity index (χ0) is 20.5. The van der Waals surface area contributed by atoms with Gasteiger partial charge >= 0.3 is 0 Å². The van der Waals surface area contributed by atoms with Gasteiger partial charge in [0.1, 0.15) is 11.4 Å². The highest BCUT2D eigenvalue weighted by molar-refractivity contribution is 5.96. The first-order valence-electron chi connectivity index (χ1n) is 9.18.